The van der Waals surface area contributed by atoms with Crippen molar-refractivity contribution < 1.29 is 5.11 Å². The van der Waals surface area contributed by atoms with E-state index in [0.717, 1.165) is 5.69 Å². The highest BCUT2D eigenvalue weighted by molar-refractivity contribution is 5.68. The molecular weight excluding hydrogens is 202 g/mol. The molecule has 0 radical (unpaired) electrons. The minimum absolute atomic E-state index is 0.0322. The topological polar surface area (TPSA) is 82.1 Å². The first-order chi connectivity index (χ1) is 7.58. The van der Waals surface area contributed by atoms with Gasteiger partial charge in [0.25, 0.3) is 0 Å². The number of nitrogens with one attached hydrogen (secondary N) is 1. The van der Waals surface area contributed by atoms with Crippen LogP contribution in [0.4, 0.5) is 11.4 Å². The highest BCUT2D eigenvalue weighted by Crippen LogP contribution is 2.21. The molecule has 1 rings (SSSR count). The summed E-state index contributed by atoms with van der Waals surface area (Å²) in [5.41, 5.74) is 7.62. The predicted octanol–water partition coefficient (Wildman–Crippen LogP) is 1.57. The monoisotopic (exact) mass is 219 g/mol. The lowest BCUT2D eigenvalue weighted by Crippen LogP contribution is -2.29. The Morgan fingerprint density at radius 2 is 2.19 bits per heavy atom. The zero-order valence-corrected chi connectivity index (χ0v) is 9.57. The molecule has 4 nitrogen and oxygen atoms in total. The lowest BCUT2D eigenvalue weighted by Gasteiger charge is -2.22. The molecule has 0 amide bonds. The van der Waals surface area contributed by atoms with E-state index in [-0.39, 0.29) is 12.6 Å². The maximum Gasteiger partial charge on any atom is 0.0992 e. The summed E-state index contributed by atoms with van der Waals surface area (Å²) in [6, 6.07) is 7.08. The van der Waals surface area contributed by atoms with E-state index in [4.69, 9.17) is 11.0 Å². The summed E-state index contributed by atoms with van der Waals surface area (Å²) in [5.74, 6) is 0.306. The molecule has 0 aliphatic carbocycles. The molecule has 0 fully saturated rings. The van der Waals surface area contributed by atoms with Crippen molar-refractivity contribution in [3.05, 3.63) is 23.8 Å². The van der Waals surface area contributed by atoms with Gasteiger partial charge in [-0.2, -0.15) is 5.26 Å². The molecule has 1 unspecified atom stereocenters. The summed E-state index contributed by atoms with van der Waals surface area (Å²) in [4.78, 5) is 0. The first-order valence-electron chi connectivity index (χ1n) is 5.25. The van der Waals surface area contributed by atoms with Crippen LogP contribution in [0.2, 0.25) is 0 Å². The fourth-order valence-corrected chi connectivity index (χ4v) is 1.39. The van der Waals surface area contributed by atoms with Crippen molar-refractivity contribution in [1.82, 2.24) is 0 Å². The van der Waals surface area contributed by atoms with Crippen molar-refractivity contribution in [2.24, 2.45) is 5.92 Å². The minimum atomic E-state index is -0.0322. The van der Waals surface area contributed by atoms with Crippen LogP contribution in [0.3, 0.4) is 0 Å². The summed E-state index contributed by atoms with van der Waals surface area (Å²) in [6.07, 6.45) is 0. The number of anilines is 2. The van der Waals surface area contributed by atoms with Crippen molar-refractivity contribution in [3.8, 4) is 6.07 Å². The Balaban J connectivity index is 2.86. The van der Waals surface area contributed by atoms with Gasteiger partial charge in [-0.15, -0.1) is 0 Å². The van der Waals surface area contributed by atoms with Crippen LogP contribution in [0.25, 0.3) is 0 Å². The number of nitrogen functional groups attached to an aromatic ring is 1. The third-order valence-corrected chi connectivity index (χ3v) is 2.52. The molecular formula is C12H17N3O. The van der Waals surface area contributed by atoms with Crippen LogP contribution in [0.5, 0.6) is 0 Å². The zero-order valence-electron chi connectivity index (χ0n) is 9.57. The highest BCUT2D eigenvalue weighted by Gasteiger charge is 2.12. The van der Waals surface area contributed by atoms with Gasteiger partial charge in [-0.3, -0.25) is 0 Å². The molecule has 0 aliphatic rings. The number of aliphatic hydroxyl groups excluding tert-OH is 1. The van der Waals surface area contributed by atoms with Crippen LogP contribution in [0.15, 0.2) is 18.2 Å². The third-order valence-electron chi connectivity index (χ3n) is 2.52. The molecule has 1 aromatic rings. The van der Waals surface area contributed by atoms with Gasteiger partial charge in [-0.05, 0) is 24.1 Å². The number of nitrogens with two attached hydrogens (primary N) is 1. The molecule has 0 aliphatic heterocycles. The van der Waals surface area contributed by atoms with Gasteiger partial charge in [0.15, 0.2) is 0 Å². The van der Waals surface area contributed by atoms with Gasteiger partial charge < -0.3 is 16.2 Å². The molecule has 0 heterocycles. The number of rotatable bonds is 4. The van der Waals surface area contributed by atoms with E-state index in [1.54, 1.807) is 18.2 Å². The van der Waals surface area contributed by atoms with Crippen molar-refractivity contribution in [2.45, 2.75) is 19.9 Å². The summed E-state index contributed by atoms with van der Waals surface area (Å²) >= 11 is 0. The number of benzene rings is 1. The number of hydrogen-bond donors (Lipinski definition) is 3. The van der Waals surface area contributed by atoms with E-state index in [1.165, 1.54) is 0 Å². The first kappa shape index (κ1) is 12.3. The van der Waals surface area contributed by atoms with Crippen LogP contribution in [-0.2, 0) is 0 Å². The summed E-state index contributed by atoms with van der Waals surface area (Å²) in [5, 5.41) is 21.1. The molecule has 0 aromatic heterocycles. The molecule has 4 heteroatoms. The fraction of sp³-hybridized carbons (Fsp3) is 0.417. The maximum atomic E-state index is 9.19. The van der Waals surface area contributed by atoms with Gasteiger partial charge >= 0.3 is 0 Å². The van der Waals surface area contributed by atoms with Gasteiger partial charge in [0, 0.05) is 0 Å². The summed E-state index contributed by atoms with van der Waals surface area (Å²) < 4.78 is 0. The van der Waals surface area contributed by atoms with E-state index >= 15 is 0 Å². The van der Waals surface area contributed by atoms with Crippen LogP contribution in [0.1, 0.15) is 19.4 Å². The number of nitrogens with zero attached hydrogens (tertiary/aromatic N) is 1. The van der Waals surface area contributed by atoms with Gasteiger partial charge in [-0.1, -0.05) is 13.8 Å². The van der Waals surface area contributed by atoms with E-state index in [1.807, 2.05) is 19.9 Å². The SMILES string of the molecule is CC(C)C(CO)Nc1ccc(C#N)cc1N. The standard InChI is InChI=1S/C12H17N3O/c1-8(2)12(7-16)15-11-4-3-9(6-13)5-10(11)14/h3-5,8,12,15-16H,7,14H2,1-2H3. The second-order valence-electron chi connectivity index (χ2n) is 4.09. The molecule has 16 heavy (non-hydrogen) atoms. The van der Waals surface area contributed by atoms with E-state index < -0.39 is 0 Å². The van der Waals surface area contributed by atoms with Crippen molar-refractivity contribution in [3.63, 3.8) is 0 Å². The Morgan fingerprint density at radius 3 is 2.62 bits per heavy atom. The zero-order chi connectivity index (χ0) is 12.1. The summed E-state index contributed by atoms with van der Waals surface area (Å²) in [7, 11) is 0. The van der Waals surface area contributed by atoms with Crippen LogP contribution in [0, 0.1) is 17.2 Å². The smallest absolute Gasteiger partial charge is 0.0992 e. The largest absolute Gasteiger partial charge is 0.397 e. The maximum absolute atomic E-state index is 9.19. The Kier molecular flexibility index (Phi) is 4.15. The van der Waals surface area contributed by atoms with Crippen molar-refractivity contribution in [2.75, 3.05) is 17.7 Å². The number of aliphatic hydroxyl groups is 1. The van der Waals surface area contributed by atoms with Crippen LogP contribution in [-0.4, -0.2) is 17.8 Å². The van der Waals surface area contributed by atoms with E-state index in [9.17, 15) is 5.11 Å². The van der Waals surface area contributed by atoms with E-state index in [0.29, 0.717) is 17.2 Å². The third kappa shape index (κ3) is 2.88. The van der Waals surface area contributed by atoms with Gasteiger partial charge in [0.2, 0.25) is 0 Å². The predicted molar refractivity (Wildman–Crippen MR) is 64.9 cm³/mol. The normalized spacial score (nSPS) is 12.2. The second-order valence-corrected chi connectivity index (χ2v) is 4.09. The van der Waals surface area contributed by atoms with Gasteiger partial charge in [0.1, 0.15) is 0 Å². The lowest BCUT2D eigenvalue weighted by molar-refractivity contribution is 0.249. The highest BCUT2D eigenvalue weighted by atomic mass is 16.3. The molecule has 1 aromatic carbocycles. The Hall–Kier alpha value is -1.73. The van der Waals surface area contributed by atoms with Crippen LogP contribution >= 0.6 is 0 Å². The molecule has 0 spiro atoms. The number of nitriles is 1. The molecule has 1 atom stereocenters. The molecule has 0 saturated carbocycles. The minimum Gasteiger partial charge on any atom is -0.397 e. The second kappa shape index (κ2) is 5.38. The molecule has 86 valence electrons. The fourth-order valence-electron chi connectivity index (χ4n) is 1.39. The molecule has 4 N–H and O–H groups in total. The average Bonchev–Trinajstić information content (AvgIpc) is 2.26. The summed E-state index contributed by atoms with van der Waals surface area (Å²) in [6.45, 7) is 4.10. The lowest BCUT2D eigenvalue weighted by atomic mass is 10.0. The number of hydrogen-bond acceptors (Lipinski definition) is 4. The van der Waals surface area contributed by atoms with E-state index in [2.05, 4.69) is 5.32 Å². The van der Waals surface area contributed by atoms with Crippen molar-refractivity contribution in [1.29, 1.82) is 5.26 Å². The van der Waals surface area contributed by atoms with Gasteiger partial charge in [0.05, 0.1) is 35.7 Å². The first-order valence-corrected chi connectivity index (χ1v) is 5.25. The molecule has 0 bridgehead atoms. The van der Waals surface area contributed by atoms with Crippen LogP contribution < -0.4 is 11.1 Å². The Labute approximate surface area is 95.7 Å². The quantitative estimate of drug-likeness (QED) is 0.671. The van der Waals surface area contributed by atoms with Crippen molar-refractivity contribution >= 4 is 11.4 Å². The average molecular weight is 219 g/mol. The Bertz CT molecular complexity index is 396. The molecule has 0 saturated heterocycles. The van der Waals surface area contributed by atoms with Gasteiger partial charge in [-0.25, -0.2) is 0 Å². The Morgan fingerprint density at radius 1 is 1.50 bits per heavy atom.